The molecule has 0 aromatic carbocycles. The van der Waals surface area contributed by atoms with E-state index in [2.05, 4.69) is 33.2 Å². The smallest absolute Gasteiger partial charge is 0.0599 e. The molecule has 1 saturated heterocycles. The third-order valence-corrected chi connectivity index (χ3v) is 3.82. The van der Waals surface area contributed by atoms with Crippen LogP contribution in [0.15, 0.2) is 17.5 Å². The first-order chi connectivity index (χ1) is 7.88. The summed E-state index contributed by atoms with van der Waals surface area (Å²) in [5.74, 6) is 2.74. The average Bonchev–Trinajstić information content (AvgIpc) is 2.68. The van der Waals surface area contributed by atoms with E-state index in [1.807, 2.05) is 11.3 Å². The van der Waals surface area contributed by atoms with Crippen LogP contribution in [0.2, 0.25) is 0 Å². The van der Waals surface area contributed by atoms with Gasteiger partial charge in [-0.2, -0.15) is 0 Å². The van der Waals surface area contributed by atoms with Gasteiger partial charge in [0.2, 0.25) is 0 Å². The number of terminal acetylenes is 1. The molecule has 16 heavy (non-hydrogen) atoms. The second-order valence-corrected chi connectivity index (χ2v) is 5.22. The van der Waals surface area contributed by atoms with Crippen LogP contribution in [0.25, 0.3) is 0 Å². The fourth-order valence-corrected chi connectivity index (χ4v) is 2.84. The van der Waals surface area contributed by atoms with Gasteiger partial charge in [-0.1, -0.05) is 12.0 Å². The maximum absolute atomic E-state index is 5.35. The second kappa shape index (κ2) is 6.05. The number of nitrogens with zero attached hydrogens (tertiary/aromatic N) is 2. The van der Waals surface area contributed by atoms with Gasteiger partial charge < -0.3 is 0 Å². The molecule has 2 heterocycles. The Bertz CT molecular complexity index is 339. The van der Waals surface area contributed by atoms with Crippen molar-refractivity contribution < 1.29 is 0 Å². The van der Waals surface area contributed by atoms with Gasteiger partial charge in [-0.25, -0.2) is 0 Å². The molecule has 2 nitrogen and oxygen atoms in total. The van der Waals surface area contributed by atoms with E-state index in [1.165, 1.54) is 17.8 Å². The van der Waals surface area contributed by atoms with Gasteiger partial charge in [0.05, 0.1) is 6.54 Å². The molecule has 1 fully saturated rings. The summed E-state index contributed by atoms with van der Waals surface area (Å²) in [4.78, 5) is 6.36. The highest BCUT2D eigenvalue weighted by Gasteiger charge is 2.14. The van der Waals surface area contributed by atoms with Crippen molar-refractivity contribution in [3.8, 4) is 12.3 Å². The van der Waals surface area contributed by atoms with E-state index in [0.717, 1.165) is 32.7 Å². The van der Waals surface area contributed by atoms with Crippen LogP contribution >= 0.6 is 11.3 Å². The Labute approximate surface area is 102 Å². The van der Waals surface area contributed by atoms with Gasteiger partial charge in [0.1, 0.15) is 0 Å². The van der Waals surface area contributed by atoms with E-state index in [9.17, 15) is 0 Å². The number of hydrogen-bond acceptors (Lipinski definition) is 3. The minimum atomic E-state index is 0.798. The van der Waals surface area contributed by atoms with E-state index in [-0.39, 0.29) is 0 Å². The van der Waals surface area contributed by atoms with Gasteiger partial charge >= 0.3 is 0 Å². The van der Waals surface area contributed by atoms with Crippen molar-refractivity contribution in [3.05, 3.63) is 22.4 Å². The van der Waals surface area contributed by atoms with Gasteiger partial charge in [0, 0.05) is 31.1 Å². The standard InChI is InChI=1S/C13H18N2S/c1-2-6-14-7-4-8-15(10-9-14)12-13-5-3-11-16-13/h1,3,5,11H,4,6-10,12H2. The Morgan fingerprint density at radius 3 is 2.81 bits per heavy atom. The van der Waals surface area contributed by atoms with Gasteiger partial charge in [-0.3, -0.25) is 9.80 Å². The quantitative estimate of drug-likeness (QED) is 0.737. The molecule has 1 aliphatic heterocycles. The van der Waals surface area contributed by atoms with E-state index >= 15 is 0 Å². The normalized spacial score (nSPS) is 19.2. The van der Waals surface area contributed by atoms with Crippen LogP contribution in [0, 0.1) is 12.3 Å². The monoisotopic (exact) mass is 234 g/mol. The predicted molar refractivity (Wildman–Crippen MR) is 69.5 cm³/mol. The van der Waals surface area contributed by atoms with Crippen molar-refractivity contribution in [1.29, 1.82) is 0 Å². The zero-order valence-electron chi connectivity index (χ0n) is 9.56. The Kier molecular flexibility index (Phi) is 4.41. The first-order valence-electron chi connectivity index (χ1n) is 5.79. The third kappa shape index (κ3) is 3.34. The Hall–Kier alpha value is -0.820. The van der Waals surface area contributed by atoms with Crippen LogP contribution in [0.1, 0.15) is 11.3 Å². The highest BCUT2D eigenvalue weighted by molar-refractivity contribution is 7.09. The summed E-state index contributed by atoms with van der Waals surface area (Å²) in [5.41, 5.74) is 0. The molecule has 0 unspecified atom stereocenters. The largest absolute Gasteiger partial charge is 0.297 e. The second-order valence-electron chi connectivity index (χ2n) is 4.19. The van der Waals surface area contributed by atoms with E-state index in [0.29, 0.717) is 0 Å². The molecule has 86 valence electrons. The molecular weight excluding hydrogens is 216 g/mol. The molecule has 0 N–H and O–H groups in total. The van der Waals surface area contributed by atoms with Gasteiger partial charge in [0.15, 0.2) is 0 Å². The SMILES string of the molecule is C#CCN1CCCN(Cc2cccs2)CC1. The van der Waals surface area contributed by atoms with Crippen LogP contribution in [-0.2, 0) is 6.54 Å². The van der Waals surface area contributed by atoms with Crippen LogP contribution in [0.3, 0.4) is 0 Å². The molecule has 0 spiro atoms. The molecule has 0 atom stereocenters. The van der Waals surface area contributed by atoms with E-state index in [1.54, 1.807) is 0 Å². The first kappa shape index (κ1) is 11.7. The lowest BCUT2D eigenvalue weighted by molar-refractivity contribution is 0.265. The number of hydrogen-bond donors (Lipinski definition) is 0. The van der Waals surface area contributed by atoms with E-state index in [4.69, 9.17) is 6.42 Å². The average molecular weight is 234 g/mol. The molecule has 0 amide bonds. The molecule has 1 aromatic rings. The summed E-state index contributed by atoms with van der Waals surface area (Å²) in [7, 11) is 0. The molecule has 0 bridgehead atoms. The lowest BCUT2D eigenvalue weighted by Crippen LogP contribution is -2.30. The highest BCUT2D eigenvalue weighted by Crippen LogP contribution is 2.13. The van der Waals surface area contributed by atoms with E-state index < -0.39 is 0 Å². The van der Waals surface area contributed by atoms with Crippen molar-refractivity contribution in [2.24, 2.45) is 0 Å². The van der Waals surface area contributed by atoms with Crippen molar-refractivity contribution in [3.63, 3.8) is 0 Å². The maximum Gasteiger partial charge on any atom is 0.0599 e. The first-order valence-corrected chi connectivity index (χ1v) is 6.67. The summed E-state index contributed by atoms with van der Waals surface area (Å²) in [6.07, 6.45) is 6.58. The fraction of sp³-hybridized carbons (Fsp3) is 0.538. The predicted octanol–water partition coefficient (Wildman–Crippen LogP) is 1.89. The maximum atomic E-state index is 5.35. The lowest BCUT2D eigenvalue weighted by atomic mass is 10.3. The summed E-state index contributed by atoms with van der Waals surface area (Å²) in [6, 6.07) is 4.34. The van der Waals surface area contributed by atoms with Crippen LogP contribution < -0.4 is 0 Å². The molecule has 0 saturated carbocycles. The molecule has 0 aliphatic carbocycles. The summed E-state index contributed by atoms with van der Waals surface area (Å²) in [5, 5.41) is 2.15. The van der Waals surface area contributed by atoms with Gasteiger partial charge in [-0.15, -0.1) is 17.8 Å². The highest BCUT2D eigenvalue weighted by atomic mass is 32.1. The fourth-order valence-electron chi connectivity index (χ4n) is 2.09. The summed E-state index contributed by atoms with van der Waals surface area (Å²) >= 11 is 1.85. The Balaban J connectivity index is 1.82. The zero-order chi connectivity index (χ0) is 11.2. The van der Waals surface area contributed by atoms with Crippen LogP contribution in [0.5, 0.6) is 0 Å². The molecular formula is C13H18N2S. The summed E-state index contributed by atoms with van der Waals surface area (Å²) in [6.45, 7) is 6.48. The minimum absolute atomic E-state index is 0.798. The Morgan fingerprint density at radius 2 is 2.06 bits per heavy atom. The van der Waals surface area contributed by atoms with Gasteiger partial charge in [0.25, 0.3) is 0 Å². The summed E-state index contributed by atoms with van der Waals surface area (Å²) < 4.78 is 0. The third-order valence-electron chi connectivity index (χ3n) is 2.96. The molecule has 2 rings (SSSR count). The van der Waals surface area contributed by atoms with Crippen LogP contribution in [-0.4, -0.2) is 42.5 Å². The number of thiophene rings is 1. The lowest BCUT2D eigenvalue weighted by Gasteiger charge is -2.19. The molecule has 0 radical (unpaired) electrons. The molecule has 3 heteroatoms. The molecule has 1 aliphatic rings. The number of rotatable bonds is 3. The minimum Gasteiger partial charge on any atom is -0.297 e. The van der Waals surface area contributed by atoms with Crippen molar-refractivity contribution in [2.75, 3.05) is 32.7 Å². The Morgan fingerprint density at radius 1 is 1.25 bits per heavy atom. The zero-order valence-corrected chi connectivity index (χ0v) is 10.4. The van der Waals surface area contributed by atoms with Crippen molar-refractivity contribution in [2.45, 2.75) is 13.0 Å². The van der Waals surface area contributed by atoms with Crippen molar-refractivity contribution in [1.82, 2.24) is 9.80 Å². The van der Waals surface area contributed by atoms with Gasteiger partial charge in [-0.05, 0) is 24.4 Å². The van der Waals surface area contributed by atoms with Crippen LogP contribution in [0.4, 0.5) is 0 Å². The molecule has 1 aromatic heterocycles. The topological polar surface area (TPSA) is 6.48 Å². The van der Waals surface area contributed by atoms with Crippen molar-refractivity contribution >= 4 is 11.3 Å².